The van der Waals surface area contributed by atoms with E-state index in [1.807, 2.05) is 0 Å². The normalized spacial score (nSPS) is 15.4. The van der Waals surface area contributed by atoms with E-state index in [1.165, 1.54) is 6.92 Å². The average molecular weight is 802 g/mol. The summed E-state index contributed by atoms with van der Waals surface area (Å²) < 4.78 is 290. The smallest absolute Gasteiger partial charge is 0.387 e. The molecule has 0 amide bonds. The van der Waals surface area contributed by atoms with Crippen LogP contribution in [-0.4, -0.2) is 75.7 Å². The zero-order chi connectivity index (χ0) is 41.2. The lowest BCUT2D eigenvalue weighted by Gasteiger charge is -2.44. The number of benzene rings is 1. The van der Waals surface area contributed by atoms with Gasteiger partial charge in [-0.05, 0) is 12.3 Å². The Morgan fingerprint density at radius 1 is 0.627 bits per heavy atom. The standard InChI is InChI=1S/C21H11F21N2O7/c1-3-6(2)8-4-7(43(46)47)5-9(44(48)49)10(8)50-11(45)51-21(41,42)19(36,37)17(32,33)15(28,29)13(24,25)12(22,23)14(26,27)16(30,31)18(34,35)20(38,39)40/h4-6H,3H2,1-2H3. The number of hydrogen-bond acceptors (Lipinski definition) is 7. The molecule has 0 bridgehead atoms. The number of halogens is 21. The van der Waals surface area contributed by atoms with Crippen molar-refractivity contribution in [3.05, 3.63) is 37.9 Å². The van der Waals surface area contributed by atoms with Crippen LogP contribution in [0.3, 0.4) is 0 Å². The third-order valence-corrected chi connectivity index (χ3v) is 6.51. The Balaban J connectivity index is 3.77. The van der Waals surface area contributed by atoms with Gasteiger partial charge in [0.15, 0.2) is 0 Å². The molecule has 1 aromatic rings. The summed E-state index contributed by atoms with van der Waals surface area (Å²) in [7, 11) is 0. The Kier molecular flexibility index (Phi) is 11.2. The summed E-state index contributed by atoms with van der Waals surface area (Å²) in [5.41, 5.74) is -3.95. The van der Waals surface area contributed by atoms with E-state index in [0.717, 1.165) is 6.92 Å². The van der Waals surface area contributed by atoms with Gasteiger partial charge in [0.25, 0.3) is 5.69 Å². The van der Waals surface area contributed by atoms with Crippen LogP contribution in [0.5, 0.6) is 5.75 Å². The third-order valence-electron chi connectivity index (χ3n) is 6.51. The number of nitro groups is 2. The van der Waals surface area contributed by atoms with Crippen molar-refractivity contribution in [1.29, 1.82) is 0 Å². The molecule has 0 aliphatic carbocycles. The van der Waals surface area contributed by atoms with E-state index in [1.54, 1.807) is 0 Å². The van der Waals surface area contributed by atoms with E-state index in [2.05, 4.69) is 9.47 Å². The molecule has 0 aromatic heterocycles. The summed E-state index contributed by atoms with van der Waals surface area (Å²) in [5.74, 6) is -76.0. The van der Waals surface area contributed by atoms with Crippen LogP contribution in [0.2, 0.25) is 0 Å². The number of alkyl halides is 21. The van der Waals surface area contributed by atoms with Gasteiger partial charge in [-0.3, -0.25) is 20.2 Å². The molecule has 0 fully saturated rings. The lowest BCUT2D eigenvalue weighted by Crippen LogP contribution is -2.77. The van der Waals surface area contributed by atoms with Gasteiger partial charge >= 0.3 is 71.5 Å². The highest BCUT2D eigenvalue weighted by molar-refractivity contribution is 5.70. The van der Waals surface area contributed by atoms with Crippen molar-refractivity contribution in [2.45, 2.75) is 85.9 Å². The van der Waals surface area contributed by atoms with Crippen LogP contribution in [0.1, 0.15) is 31.7 Å². The van der Waals surface area contributed by atoms with Gasteiger partial charge in [0, 0.05) is 11.6 Å². The van der Waals surface area contributed by atoms with Crippen LogP contribution in [0.25, 0.3) is 0 Å². The van der Waals surface area contributed by atoms with Crippen molar-refractivity contribution in [1.82, 2.24) is 0 Å². The molecule has 51 heavy (non-hydrogen) atoms. The Bertz CT molecular complexity index is 1530. The average Bonchev–Trinajstić information content (AvgIpc) is 2.94. The van der Waals surface area contributed by atoms with Crippen LogP contribution in [-0.2, 0) is 4.74 Å². The Morgan fingerprint density at radius 2 is 0.980 bits per heavy atom. The number of ether oxygens (including phenoxy) is 2. The van der Waals surface area contributed by atoms with Gasteiger partial charge in [-0.1, -0.05) is 13.8 Å². The SMILES string of the molecule is CCC(C)c1cc([N+](=O)[O-])cc([N+](=O)[O-])c1OC(=O)OC(F)(F)C(F)(F)C(F)(F)C(F)(F)C(F)(F)C(F)(F)C(F)(F)C(F)(F)C(F)(F)C(F)(F)F. The van der Waals surface area contributed by atoms with Gasteiger partial charge in [0.1, 0.15) is 0 Å². The second kappa shape index (κ2) is 12.8. The summed E-state index contributed by atoms with van der Waals surface area (Å²) in [5, 5.41) is 22.4. The summed E-state index contributed by atoms with van der Waals surface area (Å²) in [6.45, 7) is 2.18. The van der Waals surface area contributed by atoms with Crippen LogP contribution >= 0.6 is 0 Å². The summed E-state index contributed by atoms with van der Waals surface area (Å²) in [6.07, 6.45) is -19.9. The Hall–Kier alpha value is -4.18. The fourth-order valence-electron chi connectivity index (χ4n) is 3.37. The molecule has 0 spiro atoms. The first-order valence-electron chi connectivity index (χ1n) is 12.1. The van der Waals surface area contributed by atoms with Gasteiger partial charge in [-0.2, -0.15) is 92.2 Å². The molecule has 1 aromatic carbocycles. The lowest BCUT2D eigenvalue weighted by molar-refractivity contribution is -0.482. The predicted molar refractivity (Wildman–Crippen MR) is 116 cm³/mol. The molecule has 1 atom stereocenters. The van der Waals surface area contributed by atoms with Gasteiger partial charge < -0.3 is 9.47 Å². The molecule has 0 saturated carbocycles. The minimum atomic E-state index is -9.44. The van der Waals surface area contributed by atoms with Crippen LogP contribution in [0.15, 0.2) is 12.1 Å². The fraction of sp³-hybridized carbons (Fsp3) is 0.667. The predicted octanol–water partition coefficient (Wildman–Crippen LogP) is 9.77. The number of nitrogens with zero attached hydrogens (tertiary/aromatic N) is 2. The monoisotopic (exact) mass is 802 g/mol. The molecule has 1 rings (SSSR count). The molecule has 0 N–H and O–H groups in total. The number of carbonyl (C=O) groups excluding carboxylic acids is 1. The first-order chi connectivity index (χ1) is 22.2. The zero-order valence-corrected chi connectivity index (χ0v) is 23.6. The zero-order valence-electron chi connectivity index (χ0n) is 23.6. The Labute approximate surface area is 264 Å². The van der Waals surface area contributed by atoms with E-state index < -0.39 is 104 Å². The van der Waals surface area contributed by atoms with Gasteiger partial charge in [-0.15, -0.1) is 0 Å². The molecule has 294 valence electrons. The fourth-order valence-corrected chi connectivity index (χ4v) is 3.37. The van der Waals surface area contributed by atoms with Crippen LogP contribution in [0.4, 0.5) is 108 Å². The van der Waals surface area contributed by atoms with Gasteiger partial charge in [-0.25, -0.2) is 4.79 Å². The number of carbonyl (C=O) groups is 1. The van der Waals surface area contributed by atoms with Crippen LogP contribution < -0.4 is 4.74 Å². The summed E-state index contributed by atoms with van der Waals surface area (Å²) in [4.78, 5) is 31.1. The maximum atomic E-state index is 14.1. The highest BCUT2D eigenvalue weighted by Gasteiger charge is 2.98. The van der Waals surface area contributed by atoms with Crippen LogP contribution in [0, 0.1) is 20.2 Å². The number of nitro benzene ring substituents is 2. The highest BCUT2D eigenvalue weighted by atomic mass is 19.4. The van der Waals surface area contributed by atoms with Crippen molar-refractivity contribution in [3.8, 4) is 5.75 Å². The van der Waals surface area contributed by atoms with E-state index in [-0.39, 0.29) is 12.5 Å². The molecular weight excluding hydrogens is 791 g/mol. The van der Waals surface area contributed by atoms with Crippen molar-refractivity contribution in [2.24, 2.45) is 0 Å². The molecule has 1 unspecified atom stereocenters. The quantitative estimate of drug-likeness (QED) is 0.0604. The van der Waals surface area contributed by atoms with Crippen molar-refractivity contribution in [3.63, 3.8) is 0 Å². The molecule has 9 nitrogen and oxygen atoms in total. The molecule has 0 heterocycles. The van der Waals surface area contributed by atoms with Crippen molar-refractivity contribution < 1.29 is 116 Å². The minimum absolute atomic E-state index is 0.109. The van der Waals surface area contributed by atoms with Gasteiger partial charge in [0.05, 0.1) is 15.9 Å². The minimum Gasteiger partial charge on any atom is -0.387 e. The Morgan fingerprint density at radius 3 is 1.29 bits per heavy atom. The molecule has 0 radical (unpaired) electrons. The first-order valence-corrected chi connectivity index (χ1v) is 12.1. The highest BCUT2D eigenvalue weighted by Crippen LogP contribution is 2.66. The van der Waals surface area contributed by atoms with Crippen molar-refractivity contribution in [2.75, 3.05) is 0 Å². The maximum Gasteiger partial charge on any atom is 0.518 e. The van der Waals surface area contributed by atoms with Gasteiger partial charge in [0.2, 0.25) is 5.75 Å². The third kappa shape index (κ3) is 6.56. The largest absolute Gasteiger partial charge is 0.518 e. The van der Waals surface area contributed by atoms with E-state index in [4.69, 9.17) is 0 Å². The lowest BCUT2D eigenvalue weighted by atomic mass is 9.87. The molecule has 0 saturated heterocycles. The summed E-state index contributed by atoms with van der Waals surface area (Å²) >= 11 is 0. The van der Waals surface area contributed by atoms with E-state index in [0.29, 0.717) is 6.07 Å². The first kappa shape index (κ1) is 44.8. The molecule has 0 aliphatic rings. The molecule has 0 aliphatic heterocycles. The second-order valence-corrected chi connectivity index (χ2v) is 9.77. The number of rotatable bonds is 14. The molecular formula is C21H11F21N2O7. The number of non-ortho nitro benzene ring substituents is 1. The van der Waals surface area contributed by atoms with Crippen molar-refractivity contribution >= 4 is 17.5 Å². The second-order valence-electron chi connectivity index (χ2n) is 9.77. The maximum absolute atomic E-state index is 14.1. The van der Waals surface area contributed by atoms with E-state index >= 15 is 0 Å². The topological polar surface area (TPSA) is 122 Å². The molecule has 30 heteroatoms. The van der Waals surface area contributed by atoms with E-state index in [9.17, 15) is 117 Å². The number of hydrogen-bond donors (Lipinski definition) is 0. The summed E-state index contributed by atoms with van der Waals surface area (Å²) in [6, 6.07) is 0.194.